The Labute approximate surface area is 207 Å². The minimum atomic E-state index is -2.27. The van der Waals surface area contributed by atoms with Crippen molar-refractivity contribution in [3.8, 4) is 11.5 Å². The van der Waals surface area contributed by atoms with Crippen molar-refractivity contribution in [2.75, 3.05) is 19.0 Å². The van der Waals surface area contributed by atoms with Gasteiger partial charge in [-0.1, -0.05) is 18.2 Å². The molecule has 0 spiro atoms. The van der Waals surface area contributed by atoms with Gasteiger partial charge >= 0.3 is 11.9 Å². The molecule has 0 saturated heterocycles. The second-order valence-corrected chi connectivity index (χ2v) is 7.90. The molecule has 36 heavy (non-hydrogen) atoms. The SMILES string of the molecule is COc1ccc(C[C@@H](C)NC[C@H](O)c2ccc(O)c(NC(C)=O)c2)cc1.O=C(O)[C@H](O)[C@@H](O)C(=O)O. The molecule has 2 aromatic rings. The van der Waals surface area contributed by atoms with Crippen molar-refractivity contribution in [1.29, 1.82) is 0 Å². The molecule has 0 aromatic heterocycles. The van der Waals surface area contributed by atoms with Crippen LogP contribution in [0.5, 0.6) is 11.5 Å². The number of methoxy groups -OCH3 is 1. The Morgan fingerprint density at radius 1 is 0.944 bits per heavy atom. The largest absolute Gasteiger partial charge is 0.506 e. The summed E-state index contributed by atoms with van der Waals surface area (Å²) in [6.07, 6.45) is -4.46. The monoisotopic (exact) mass is 508 g/mol. The maximum atomic E-state index is 11.2. The number of carbonyl (C=O) groups is 3. The molecule has 0 aliphatic carbocycles. The van der Waals surface area contributed by atoms with Crippen molar-refractivity contribution >= 4 is 23.5 Å². The van der Waals surface area contributed by atoms with Gasteiger partial charge in [-0.25, -0.2) is 9.59 Å². The van der Waals surface area contributed by atoms with Gasteiger partial charge in [-0.15, -0.1) is 0 Å². The number of rotatable bonds is 11. The minimum absolute atomic E-state index is 0.0306. The number of amides is 1. The van der Waals surface area contributed by atoms with Gasteiger partial charge < -0.3 is 46.0 Å². The number of carbonyl (C=O) groups excluding carboxylic acids is 1. The summed E-state index contributed by atoms with van der Waals surface area (Å²) in [6.45, 7) is 3.78. The van der Waals surface area contributed by atoms with E-state index in [-0.39, 0.29) is 17.7 Å². The van der Waals surface area contributed by atoms with Crippen LogP contribution >= 0.6 is 0 Å². The van der Waals surface area contributed by atoms with Crippen LogP contribution < -0.4 is 15.4 Å². The molecular weight excluding hydrogens is 476 g/mol. The number of hydrogen-bond donors (Lipinski definition) is 8. The molecule has 0 fully saturated rings. The van der Waals surface area contributed by atoms with E-state index in [9.17, 15) is 24.6 Å². The highest BCUT2D eigenvalue weighted by molar-refractivity contribution is 5.90. The van der Waals surface area contributed by atoms with Gasteiger partial charge in [-0.3, -0.25) is 4.79 Å². The van der Waals surface area contributed by atoms with Crippen LogP contribution in [0.15, 0.2) is 42.5 Å². The number of ether oxygens (including phenoxy) is 1. The average Bonchev–Trinajstić information content (AvgIpc) is 2.83. The van der Waals surface area contributed by atoms with Crippen LogP contribution in [0, 0.1) is 0 Å². The summed E-state index contributed by atoms with van der Waals surface area (Å²) in [6, 6.07) is 12.8. The van der Waals surface area contributed by atoms with Gasteiger partial charge in [0.15, 0.2) is 12.2 Å². The first-order chi connectivity index (χ1) is 16.8. The normalized spacial score (nSPS) is 13.8. The summed E-state index contributed by atoms with van der Waals surface area (Å²) in [7, 11) is 1.64. The highest BCUT2D eigenvalue weighted by Crippen LogP contribution is 2.27. The zero-order valence-corrected chi connectivity index (χ0v) is 20.1. The third-order valence-corrected chi connectivity index (χ3v) is 4.88. The zero-order valence-electron chi connectivity index (χ0n) is 20.1. The van der Waals surface area contributed by atoms with E-state index in [4.69, 9.17) is 25.2 Å². The maximum Gasteiger partial charge on any atom is 0.335 e. The summed E-state index contributed by atoms with van der Waals surface area (Å²) >= 11 is 0. The van der Waals surface area contributed by atoms with E-state index in [1.54, 1.807) is 19.2 Å². The van der Waals surface area contributed by atoms with Crippen molar-refractivity contribution in [2.45, 2.75) is 44.6 Å². The molecule has 0 bridgehead atoms. The van der Waals surface area contributed by atoms with Crippen LogP contribution in [0.1, 0.15) is 31.1 Å². The van der Waals surface area contributed by atoms with Crippen LogP contribution in [-0.4, -0.2) is 80.4 Å². The molecule has 0 radical (unpaired) electrons. The Bertz CT molecular complexity index is 994. The van der Waals surface area contributed by atoms with E-state index in [0.29, 0.717) is 17.8 Å². The number of benzene rings is 2. The Morgan fingerprint density at radius 2 is 1.50 bits per heavy atom. The molecule has 2 rings (SSSR count). The number of carboxylic acid groups (broad SMARTS) is 2. The molecule has 0 saturated carbocycles. The quantitative estimate of drug-likeness (QED) is 0.196. The van der Waals surface area contributed by atoms with Gasteiger partial charge in [0.25, 0.3) is 0 Å². The maximum absolute atomic E-state index is 11.2. The lowest BCUT2D eigenvalue weighted by Gasteiger charge is -2.18. The lowest BCUT2D eigenvalue weighted by atomic mass is 10.1. The Hall–Kier alpha value is -3.71. The van der Waals surface area contributed by atoms with Gasteiger partial charge in [-0.2, -0.15) is 0 Å². The summed E-state index contributed by atoms with van der Waals surface area (Å²) in [5.74, 6) is -3.02. The second kappa shape index (κ2) is 14.6. The molecule has 2 aromatic carbocycles. The van der Waals surface area contributed by atoms with Crippen molar-refractivity contribution in [3.63, 3.8) is 0 Å². The standard InChI is InChI=1S/C20H26N2O4.C4H6O6/c1-13(10-15-4-7-17(26-3)8-5-15)21-12-20(25)16-6-9-19(24)18(11-16)22-14(2)23;5-1(3(7)8)2(6)4(9)10/h4-9,11,13,20-21,24-25H,10,12H2,1-3H3,(H,22,23);1-2,5-6H,(H,7,8)(H,9,10)/t13-,20+;1-,2-/m11/s1. The number of aromatic hydroxyl groups is 1. The lowest BCUT2D eigenvalue weighted by Crippen LogP contribution is -2.39. The summed E-state index contributed by atoms with van der Waals surface area (Å²) < 4.78 is 5.15. The average molecular weight is 509 g/mol. The predicted octanol–water partition coefficient (Wildman–Crippen LogP) is 0.491. The first-order valence-corrected chi connectivity index (χ1v) is 10.8. The molecule has 0 aliphatic rings. The number of hydrogen-bond acceptors (Lipinski definition) is 9. The number of aliphatic hydroxyl groups is 3. The predicted molar refractivity (Wildman–Crippen MR) is 129 cm³/mol. The molecule has 0 heterocycles. The van der Waals surface area contributed by atoms with Gasteiger partial charge in [0.05, 0.1) is 18.9 Å². The number of anilines is 1. The molecule has 12 nitrogen and oxygen atoms in total. The molecule has 0 aliphatic heterocycles. The molecule has 0 unspecified atom stereocenters. The fourth-order valence-electron chi connectivity index (χ4n) is 2.94. The Balaban J connectivity index is 0.000000548. The van der Waals surface area contributed by atoms with E-state index in [0.717, 1.165) is 12.2 Å². The van der Waals surface area contributed by atoms with Crippen LogP contribution in [0.25, 0.3) is 0 Å². The fourth-order valence-corrected chi connectivity index (χ4v) is 2.94. The van der Waals surface area contributed by atoms with E-state index >= 15 is 0 Å². The molecule has 12 heteroatoms. The number of aliphatic hydroxyl groups excluding tert-OH is 3. The first-order valence-electron chi connectivity index (χ1n) is 10.8. The second-order valence-electron chi connectivity index (χ2n) is 7.90. The van der Waals surface area contributed by atoms with Gasteiger partial charge in [0.1, 0.15) is 11.5 Å². The molecule has 1 amide bonds. The highest BCUT2D eigenvalue weighted by Gasteiger charge is 2.29. The summed E-state index contributed by atoms with van der Waals surface area (Å²) in [5, 5.41) is 58.5. The first kappa shape index (κ1) is 30.3. The number of phenols is 1. The van der Waals surface area contributed by atoms with E-state index < -0.39 is 30.3 Å². The lowest BCUT2D eigenvalue weighted by molar-refractivity contribution is -0.165. The van der Waals surface area contributed by atoms with Crippen molar-refractivity contribution in [1.82, 2.24) is 5.32 Å². The van der Waals surface area contributed by atoms with Crippen molar-refractivity contribution < 1.29 is 49.8 Å². The number of phenolic OH excluding ortho intramolecular Hbond substituents is 1. The van der Waals surface area contributed by atoms with Crippen LogP contribution in [0.3, 0.4) is 0 Å². The van der Waals surface area contributed by atoms with E-state index in [2.05, 4.69) is 17.6 Å². The minimum Gasteiger partial charge on any atom is -0.506 e. The Kier molecular flexibility index (Phi) is 12.3. The molecule has 8 N–H and O–H groups in total. The van der Waals surface area contributed by atoms with E-state index in [1.807, 2.05) is 24.3 Å². The topological polar surface area (TPSA) is 206 Å². The zero-order chi connectivity index (χ0) is 27.4. The molecule has 4 atom stereocenters. The highest BCUT2D eigenvalue weighted by atomic mass is 16.5. The smallest absolute Gasteiger partial charge is 0.335 e. The molecular formula is C24H32N2O10. The van der Waals surface area contributed by atoms with Crippen LogP contribution in [0.2, 0.25) is 0 Å². The number of carboxylic acids is 2. The van der Waals surface area contributed by atoms with Gasteiger partial charge in [0, 0.05) is 19.5 Å². The van der Waals surface area contributed by atoms with Crippen LogP contribution in [0.4, 0.5) is 5.69 Å². The fraction of sp³-hybridized carbons (Fsp3) is 0.375. The third-order valence-electron chi connectivity index (χ3n) is 4.88. The number of aliphatic carboxylic acids is 2. The number of nitrogens with one attached hydrogen (secondary N) is 2. The van der Waals surface area contributed by atoms with E-state index in [1.165, 1.54) is 18.6 Å². The third kappa shape index (κ3) is 10.3. The Morgan fingerprint density at radius 3 is 1.97 bits per heavy atom. The van der Waals surface area contributed by atoms with Gasteiger partial charge in [-0.05, 0) is 48.7 Å². The van der Waals surface area contributed by atoms with Gasteiger partial charge in [0.2, 0.25) is 5.91 Å². The van der Waals surface area contributed by atoms with Crippen molar-refractivity contribution in [2.24, 2.45) is 0 Å². The summed E-state index contributed by atoms with van der Waals surface area (Å²) in [5.41, 5.74) is 2.09. The van der Waals surface area contributed by atoms with Crippen LogP contribution in [-0.2, 0) is 20.8 Å². The summed E-state index contributed by atoms with van der Waals surface area (Å²) in [4.78, 5) is 30.7. The van der Waals surface area contributed by atoms with Crippen molar-refractivity contribution in [3.05, 3.63) is 53.6 Å². The molecule has 198 valence electrons.